The molecule has 0 bridgehead atoms. The Balaban J connectivity index is 4.06. The van der Waals surface area contributed by atoms with Crippen LogP contribution in [0.4, 0.5) is 0 Å². The lowest BCUT2D eigenvalue weighted by Crippen LogP contribution is -2.46. The van der Waals surface area contributed by atoms with E-state index in [9.17, 15) is 19.4 Å². The minimum Gasteiger partial charge on any atom is -0.756 e. The third-order valence-corrected chi connectivity index (χ3v) is 16.2. The van der Waals surface area contributed by atoms with Crippen LogP contribution in [-0.4, -0.2) is 68.5 Å². The van der Waals surface area contributed by atoms with Crippen LogP contribution in [0.2, 0.25) is 0 Å². The van der Waals surface area contributed by atoms with E-state index in [4.69, 9.17) is 9.05 Å². The van der Waals surface area contributed by atoms with Crippen LogP contribution in [0.1, 0.15) is 316 Å². The average Bonchev–Trinajstić information content (AvgIpc) is 3.42. The predicted octanol–water partition coefficient (Wildman–Crippen LogP) is 20.8. The minimum atomic E-state index is -4.58. The zero-order chi connectivity index (χ0) is 57.7. The Hall–Kier alpha value is -2.06. The first-order chi connectivity index (χ1) is 38.5. The summed E-state index contributed by atoms with van der Waals surface area (Å²) in [7, 11) is 1.31. The molecule has 0 fully saturated rings. The van der Waals surface area contributed by atoms with Gasteiger partial charge in [0.05, 0.1) is 39.9 Å². The molecule has 0 heterocycles. The van der Waals surface area contributed by atoms with Crippen LogP contribution in [0.25, 0.3) is 0 Å². The van der Waals surface area contributed by atoms with Gasteiger partial charge >= 0.3 is 0 Å². The quantitative estimate of drug-likeness (QED) is 0.0272. The number of hydrogen-bond acceptors (Lipinski definition) is 6. The molecule has 0 saturated carbocycles. The average molecular weight is 1130 g/mol. The highest BCUT2D eigenvalue weighted by atomic mass is 31.2. The number of allylic oxidation sites excluding steroid dienone is 12. The number of quaternary nitrogens is 1. The van der Waals surface area contributed by atoms with Crippen molar-refractivity contribution in [3.05, 3.63) is 72.9 Å². The van der Waals surface area contributed by atoms with E-state index < -0.39 is 20.0 Å². The lowest BCUT2D eigenvalue weighted by Gasteiger charge is -2.30. The van der Waals surface area contributed by atoms with Crippen LogP contribution >= 0.6 is 7.82 Å². The first-order valence-electron chi connectivity index (χ1n) is 33.8. The Bertz CT molecular complexity index is 1520. The summed E-state index contributed by atoms with van der Waals surface area (Å²) in [5.74, 6) is -0.163. The number of nitrogens with zero attached hydrogens (tertiary/aromatic N) is 1. The van der Waals surface area contributed by atoms with Crippen LogP contribution in [0.15, 0.2) is 72.9 Å². The zero-order valence-corrected chi connectivity index (χ0v) is 53.7. The summed E-state index contributed by atoms with van der Waals surface area (Å²) in [5.41, 5.74) is 0. The predicted molar refractivity (Wildman–Crippen MR) is 344 cm³/mol. The third kappa shape index (κ3) is 63.4. The SMILES string of the molecule is CC/C=C\C/C=C\C/C=C\C/C=C\C/C=C\C/C=C\CCCCCCCCCCCCCCCCC(=O)NC(COP(=O)([O-])OCC[N+](C)(C)C)C(O)CCCCCCCCCCCCCCCCCCCCCCCCCC. The number of unbranched alkanes of at least 4 members (excludes halogenated alkanes) is 37. The molecule has 0 radical (unpaired) electrons. The van der Waals surface area contributed by atoms with Gasteiger partial charge in [0, 0.05) is 6.42 Å². The molecule has 462 valence electrons. The van der Waals surface area contributed by atoms with Gasteiger partial charge in [0.2, 0.25) is 5.91 Å². The Morgan fingerprint density at radius 2 is 0.772 bits per heavy atom. The fraction of sp³-hybridized carbons (Fsp3) is 0.814. The highest BCUT2D eigenvalue weighted by molar-refractivity contribution is 7.45. The highest BCUT2D eigenvalue weighted by Crippen LogP contribution is 2.38. The van der Waals surface area contributed by atoms with E-state index in [2.05, 4.69) is 92.1 Å². The molecule has 0 aliphatic rings. The monoisotopic (exact) mass is 1130 g/mol. The molecule has 8 nitrogen and oxygen atoms in total. The maximum atomic E-state index is 13.1. The number of phosphoric ester groups is 1. The van der Waals surface area contributed by atoms with E-state index >= 15 is 0 Å². The van der Waals surface area contributed by atoms with Gasteiger partial charge in [-0.15, -0.1) is 0 Å². The van der Waals surface area contributed by atoms with E-state index in [1.54, 1.807) is 0 Å². The number of rotatable bonds is 62. The molecule has 0 rings (SSSR count). The van der Waals surface area contributed by atoms with Gasteiger partial charge in [0.15, 0.2) is 0 Å². The van der Waals surface area contributed by atoms with E-state index in [0.717, 1.165) is 77.0 Å². The topological polar surface area (TPSA) is 108 Å². The third-order valence-electron chi connectivity index (χ3n) is 15.2. The lowest BCUT2D eigenvalue weighted by molar-refractivity contribution is -0.870. The van der Waals surface area contributed by atoms with Crippen molar-refractivity contribution in [3.8, 4) is 0 Å². The zero-order valence-electron chi connectivity index (χ0n) is 52.8. The number of carbonyl (C=O) groups excluding carboxylic acids is 1. The van der Waals surface area contributed by atoms with Crippen LogP contribution in [0.5, 0.6) is 0 Å². The molecular weight excluding hydrogens is 996 g/mol. The normalized spacial score (nSPS) is 14.2. The minimum absolute atomic E-state index is 0.0110. The fourth-order valence-electron chi connectivity index (χ4n) is 9.99. The Kier molecular flexibility index (Phi) is 59.0. The maximum Gasteiger partial charge on any atom is 0.268 e. The van der Waals surface area contributed by atoms with Crippen molar-refractivity contribution >= 4 is 13.7 Å². The van der Waals surface area contributed by atoms with Crippen molar-refractivity contribution in [2.75, 3.05) is 40.9 Å². The molecule has 0 aromatic carbocycles. The molecule has 1 amide bonds. The van der Waals surface area contributed by atoms with Gasteiger partial charge in [0.1, 0.15) is 13.2 Å². The molecular formula is C70H131N2O6P. The number of nitrogens with one attached hydrogen (secondary N) is 1. The lowest BCUT2D eigenvalue weighted by atomic mass is 10.0. The molecule has 0 aromatic heterocycles. The van der Waals surface area contributed by atoms with E-state index in [1.165, 1.54) is 212 Å². The van der Waals surface area contributed by atoms with Crippen molar-refractivity contribution in [2.45, 2.75) is 328 Å². The number of hydrogen-bond donors (Lipinski definition) is 2. The second-order valence-corrected chi connectivity index (χ2v) is 25.6. The molecule has 3 atom stereocenters. The first-order valence-corrected chi connectivity index (χ1v) is 35.2. The number of aliphatic hydroxyl groups excluding tert-OH is 1. The standard InChI is InChI=1S/C70H131N2O6P/c1-6-8-10-12-14-16-18-20-22-24-26-28-30-32-33-34-35-36-37-38-39-40-42-44-46-48-50-52-54-56-58-60-62-64-70(74)71-68(67-78-79(75,76)77-66-65-72(3,4)5)69(73)63-61-59-57-55-53-51-49-47-45-43-41-31-29-27-25-23-21-19-17-15-13-11-9-7-2/h8,10,14,16,20,22,26,28,32-33,35-36,68-69,73H,6-7,9,11-13,15,17-19,21,23-25,27,29-31,34,37-67H2,1-5H3,(H-,71,74,75,76)/b10-8-,16-14-,22-20-,28-26-,33-32-,36-35-. The summed E-state index contributed by atoms with van der Waals surface area (Å²) in [6, 6.07) is -0.805. The fourth-order valence-corrected chi connectivity index (χ4v) is 10.7. The molecule has 3 unspecified atom stereocenters. The number of phosphoric acid groups is 1. The Morgan fingerprint density at radius 1 is 0.456 bits per heavy atom. The van der Waals surface area contributed by atoms with E-state index in [0.29, 0.717) is 23.9 Å². The smallest absolute Gasteiger partial charge is 0.268 e. The van der Waals surface area contributed by atoms with E-state index in [-0.39, 0.29) is 19.1 Å². The highest BCUT2D eigenvalue weighted by Gasteiger charge is 2.24. The summed E-state index contributed by atoms with van der Waals surface area (Å²) in [5, 5.41) is 14.1. The summed E-state index contributed by atoms with van der Waals surface area (Å²) in [6.45, 7) is 4.65. The molecule has 0 spiro atoms. The van der Waals surface area contributed by atoms with Crippen molar-refractivity contribution in [2.24, 2.45) is 0 Å². The first kappa shape index (κ1) is 76.9. The largest absolute Gasteiger partial charge is 0.756 e. The Labute approximate surface area is 491 Å². The number of aliphatic hydroxyl groups is 1. The summed E-state index contributed by atoms with van der Waals surface area (Å²) < 4.78 is 23.5. The summed E-state index contributed by atoms with van der Waals surface area (Å²) >= 11 is 0. The van der Waals surface area contributed by atoms with Crippen molar-refractivity contribution in [1.82, 2.24) is 5.32 Å². The molecule has 0 aromatic rings. The molecule has 9 heteroatoms. The van der Waals surface area contributed by atoms with Crippen LogP contribution < -0.4 is 10.2 Å². The van der Waals surface area contributed by atoms with Gasteiger partial charge in [-0.05, 0) is 64.2 Å². The van der Waals surface area contributed by atoms with Crippen molar-refractivity contribution in [3.63, 3.8) is 0 Å². The van der Waals surface area contributed by atoms with Gasteiger partial charge in [-0.1, -0.05) is 318 Å². The van der Waals surface area contributed by atoms with Gasteiger partial charge in [-0.2, -0.15) is 0 Å². The Morgan fingerprint density at radius 3 is 1.13 bits per heavy atom. The van der Waals surface area contributed by atoms with Gasteiger partial charge in [-0.25, -0.2) is 0 Å². The number of carbonyl (C=O) groups is 1. The van der Waals surface area contributed by atoms with Gasteiger partial charge in [-0.3, -0.25) is 9.36 Å². The van der Waals surface area contributed by atoms with Crippen molar-refractivity contribution < 1.29 is 32.9 Å². The van der Waals surface area contributed by atoms with Gasteiger partial charge < -0.3 is 28.8 Å². The molecule has 0 aliphatic carbocycles. The second-order valence-electron chi connectivity index (χ2n) is 24.2. The second kappa shape index (κ2) is 60.5. The summed E-state index contributed by atoms with van der Waals surface area (Å²) in [6.07, 6.45) is 83.9. The van der Waals surface area contributed by atoms with Crippen LogP contribution in [-0.2, 0) is 18.4 Å². The maximum absolute atomic E-state index is 13.1. The van der Waals surface area contributed by atoms with E-state index in [1.807, 2.05) is 21.1 Å². The molecule has 79 heavy (non-hydrogen) atoms. The van der Waals surface area contributed by atoms with Crippen molar-refractivity contribution in [1.29, 1.82) is 0 Å². The number of amides is 1. The molecule has 2 N–H and O–H groups in total. The summed E-state index contributed by atoms with van der Waals surface area (Å²) in [4.78, 5) is 25.7. The molecule has 0 aliphatic heterocycles. The molecule has 0 saturated heterocycles. The van der Waals surface area contributed by atoms with Crippen LogP contribution in [0.3, 0.4) is 0 Å². The number of likely N-dealkylation sites (N-methyl/N-ethyl adjacent to an activating group) is 1. The van der Waals surface area contributed by atoms with Crippen LogP contribution in [0, 0.1) is 0 Å². The van der Waals surface area contributed by atoms with Gasteiger partial charge in [0.25, 0.3) is 7.82 Å².